The number of halogens is 1. The van der Waals surface area contributed by atoms with Crippen LogP contribution in [-0.2, 0) is 0 Å². The van der Waals surface area contributed by atoms with Gasteiger partial charge in [-0.05, 0) is 43.3 Å². The van der Waals surface area contributed by atoms with Crippen molar-refractivity contribution in [1.29, 1.82) is 0 Å². The second kappa shape index (κ2) is 5.78. The van der Waals surface area contributed by atoms with E-state index >= 15 is 0 Å². The van der Waals surface area contributed by atoms with E-state index in [2.05, 4.69) is 15.9 Å². The Balaban J connectivity index is 2.18. The van der Waals surface area contributed by atoms with Gasteiger partial charge in [-0.15, -0.1) is 0 Å². The number of benzene rings is 2. The zero-order valence-electron chi connectivity index (χ0n) is 10.0. The SMILES string of the molecule is CCOc1cc(Oc2ccc(Br)cc2)ccc1N. The highest BCUT2D eigenvalue weighted by Gasteiger charge is 2.03. The summed E-state index contributed by atoms with van der Waals surface area (Å²) in [6, 6.07) is 13.0. The fraction of sp³-hybridized carbons (Fsp3) is 0.143. The van der Waals surface area contributed by atoms with Crippen LogP contribution in [-0.4, -0.2) is 6.61 Å². The van der Waals surface area contributed by atoms with Gasteiger partial charge in [-0.3, -0.25) is 0 Å². The van der Waals surface area contributed by atoms with Gasteiger partial charge in [-0.1, -0.05) is 15.9 Å². The molecule has 2 aromatic rings. The smallest absolute Gasteiger partial charge is 0.145 e. The highest BCUT2D eigenvalue weighted by atomic mass is 79.9. The molecule has 18 heavy (non-hydrogen) atoms. The van der Waals surface area contributed by atoms with Gasteiger partial charge in [0, 0.05) is 10.5 Å². The standard InChI is InChI=1S/C14H14BrNO2/c1-2-17-14-9-12(7-8-13(14)16)18-11-5-3-10(15)4-6-11/h3-9H,2,16H2,1H3. The van der Waals surface area contributed by atoms with Crippen molar-refractivity contribution in [1.82, 2.24) is 0 Å². The number of rotatable bonds is 4. The Morgan fingerprint density at radius 1 is 1.06 bits per heavy atom. The zero-order chi connectivity index (χ0) is 13.0. The van der Waals surface area contributed by atoms with Gasteiger partial charge in [0.1, 0.15) is 17.2 Å². The van der Waals surface area contributed by atoms with Crippen LogP contribution in [0.2, 0.25) is 0 Å². The lowest BCUT2D eigenvalue weighted by molar-refractivity contribution is 0.340. The van der Waals surface area contributed by atoms with Crippen LogP contribution in [0, 0.1) is 0 Å². The molecule has 0 radical (unpaired) electrons. The van der Waals surface area contributed by atoms with Crippen molar-refractivity contribution >= 4 is 21.6 Å². The van der Waals surface area contributed by atoms with E-state index in [0.717, 1.165) is 10.2 Å². The molecule has 0 spiro atoms. The first-order chi connectivity index (χ1) is 8.69. The molecule has 0 aliphatic heterocycles. The molecule has 0 bridgehead atoms. The summed E-state index contributed by atoms with van der Waals surface area (Å²) in [6.45, 7) is 2.49. The van der Waals surface area contributed by atoms with Crippen LogP contribution in [0.1, 0.15) is 6.92 Å². The van der Waals surface area contributed by atoms with Crippen molar-refractivity contribution in [3.63, 3.8) is 0 Å². The molecule has 0 saturated heterocycles. The van der Waals surface area contributed by atoms with Gasteiger partial charge in [-0.25, -0.2) is 0 Å². The van der Waals surface area contributed by atoms with Crippen molar-refractivity contribution in [2.24, 2.45) is 0 Å². The van der Waals surface area contributed by atoms with Crippen LogP contribution in [0.25, 0.3) is 0 Å². The third kappa shape index (κ3) is 3.17. The van der Waals surface area contributed by atoms with Gasteiger partial charge < -0.3 is 15.2 Å². The molecule has 94 valence electrons. The molecule has 4 heteroatoms. The van der Waals surface area contributed by atoms with Crippen LogP contribution in [0.15, 0.2) is 46.9 Å². The molecule has 0 unspecified atom stereocenters. The summed E-state index contributed by atoms with van der Waals surface area (Å²) in [6.07, 6.45) is 0. The van der Waals surface area contributed by atoms with Crippen molar-refractivity contribution < 1.29 is 9.47 Å². The maximum atomic E-state index is 5.80. The lowest BCUT2D eigenvalue weighted by Gasteiger charge is -2.10. The van der Waals surface area contributed by atoms with Crippen molar-refractivity contribution in [3.8, 4) is 17.2 Å². The van der Waals surface area contributed by atoms with Gasteiger partial charge in [0.2, 0.25) is 0 Å². The Labute approximate surface area is 115 Å². The molecule has 0 heterocycles. The first kappa shape index (κ1) is 12.8. The minimum Gasteiger partial charge on any atom is -0.492 e. The number of hydrogen-bond donors (Lipinski definition) is 1. The number of nitrogens with two attached hydrogens (primary N) is 1. The summed E-state index contributed by atoms with van der Waals surface area (Å²) in [5.41, 5.74) is 6.41. The fourth-order valence-corrected chi connectivity index (χ4v) is 1.76. The van der Waals surface area contributed by atoms with Crippen LogP contribution < -0.4 is 15.2 Å². The molecule has 0 fully saturated rings. The van der Waals surface area contributed by atoms with Crippen molar-refractivity contribution in [2.75, 3.05) is 12.3 Å². The van der Waals surface area contributed by atoms with Crippen LogP contribution in [0.4, 0.5) is 5.69 Å². The minimum atomic E-state index is 0.575. The molecule has 0 aromatic heterocycles. The van der Waals surface area contributed by atoms with E-state index in [1.165, 1.54) is 0 Å². The van der Waals surface area contributed by atoms with Gasteiger partial charge in [0.25, 0.3) is 0 Å². The Morgan fingerprint density at radius 3 is 2.39 bits per heavy atom. The summed E-state index contributed by atoms with van der Waals surface area (Å²) in [5.74, 6) is 2.12. The van der Waals surface area contributed by atoms with E-state index < -0.39 is 0 Å². The van der Waals surface area contributed by atoms with E-state index in [0.29, 0.717) is 23.8 Å². The molecule has 0 aliphatic rings. The van der Waals surface area contributed by atoms with E-state index in [1.807, 2.05) is 37.3 Å². The lowest BCUT2D eigenvalue weighted by Crippen LogP contribution is -1.97. The predicted octanol–water partition coefficient (Wildman–Crippen LogP) is 4.22. The molecule has 2 rings (SSSR count). The Morgan fingerprint density at radius 2 is 1.72 bits per heavy atom. The molecule has 0 saturated carbocycles. The monoisotopic (exact) mass is 307 g/mol. The highest BCUT2D eigenvalue weighted by molar-refractivity contribution is 9.10. The average molecular weight is 308 g/mol. The number of ether oxygens (including phenoxy) is 2. The van der Waals surface area contributed by atoms with Crippen LogP contribution in [0.5, 0.6) is 17.2 Å². The molecule has 0 atom stereocenters. The Hall–Kier alpha value is -1.68. The van der Waals surface area contributed by atoms with Crippen LogP contribution in [0.3, 0.4) is 0 Å². The molecular weight excluding hydrogens is 294 g/mol. The lowest BCUT2D eigenvalue weighted by atomic mass is 10.3. The Kier molecular flexibility index (Phi) is 4.10. The summed E-state index contributed by atoms with van der Waals surface area (Å²) in [7, 11) is 0. The molecule has 0 amide bonds. The second-order valence-corrected chi connectivity index (χ2v) is 4.60. The fourth-order valence-electron chi connectivity index (χ4n) is 1.50. The van der Waals surface area contributed by atoms with Gasteiger partial charge in [0.05, 0.1) is 12.3 Å². The molecular formula is C14H14BrNO2. The molecule has 0 aliphatic carbocycles. The molecule has 3 nitrogen and oxygen atoms in total. The summed E-state index contributed by atoms with van der Waals surface area (Å²) in [4.78, 5) is 0. The zero-order valence-corrected chi connectivity index (χ0v) is 11.6. The van der Waals surface area contributed by atoms with Crippen molar-refractivity contribution in [2.45, 2.75) is 6.92 Å². The molecule has 2 N–H and O–H groups in total. The van der Waals surface area contributed by atoms with Gasteiger partial charge in [0.15, 0.2) is 0 Å². The highest BCUT2D eigenvalue weighted by Crippen LogP contribution is 2.30. The van der Waals surface area contributed by atoms with Gasteiger partial charge >= 0.3 is 0 Å². The third-order valence-corrected chi connectivity index (χ3v) is 2.86. The topological polar surface area (TPSA) is 44.5 Å². The quantitative estimate of drug-likeness (QED) is 0.860. The third-order valence-electron chi connectivity index (χ3n) is 2.33. The largest absolute Gasteiger partial charge is 0.492 e. The van der Waals surface area contributed by atoms with E-state index in [4.69, 9.17) is 15.2 Å². The predicted molar refractivity (Wildman–Crippen MR) is 76.2 cm³/mol. The number of nitrogen functional groups attached to an aromatic ring is 1. The summed E-state index contributed by atoms with van der Waals surface area (Å²) < 4.78 is 12.2. The maximum absolute atomic E-state index is 5.80. The Bertz CT molecular complexity index is 526. The second-order valence-electron chi connectivity index (χ2n) is 3.69. The van der Waals surface area contributed by atoms with E-state index in [-0.39, 0.29) is 0 Å². The normalized spacial score (nSPS) is 10.1. The van der Waals surface area contributed by atoms with Crippen LogP contribution >= 0.6 is 15.9 Å². The number of hydrogen-bond acceptors (Lipinski definition) is 3. The van der Waals surface area contributed by atoms with Crippen molar-refractivity contribution in [3.05, 3.63) is 46.9 Å². The first-order valence-corrected chi connectivity index (χ1v) is 6.44. The van der Waals surface area contributed by atoms with E-state index in [1.54, 1.807) is 12.1 Å². The maximum Gasteiger partial charge on any atom is 0.145 e. The number of anilines is 1. The van der Waals surface area contributed by atoms with E-state index in [9.17, 15) is 0 Å². The minimum absolute atomic E-state index is 0.575. The first-order valence-electron chi connectivity index (χ1n) is 5.65. The molecule has 2 aromatic carbocycles. The summed E-state index contributed by atoms with van der Waals surface area (Å²) in [5, 5.41) is 0. The van der Waals surface area contributed by atoms with Gasteiger partial charge in [-0.2, -0.15) is 0 Å². The average Bonchev–Trinajstić information content (AvgIpc) is 2.37. The summed E-state index contributed by atoms with van der Waals surface area (Å²) >= 11 is 3.38.